The zero-order valence-corrected chi connectivity index (χ0v) is 32.3. The first-order valence-corrected chi connectivity index (χ1v) is 20.4. The smallest absolute Gasteiger partial charge is 0.0362 e. The predicted octanol–water partition coefficient (Wildman–Crippen LogP) is 16.0. The van der Waals surface area contributed by atoms with Crippen LogP contribution in [0.15, 0.2) is 146 Å². The summed E-state index contributed by atoms with van der Waals surface area (Å²) < 4.78 is 5.33. The van der Waals surface area contributed by atoms with E-state index < -0.39 is 0 Å². The molecule has 2 aromatic heterocycles. The average molecular weight is 725 g/mol. The summed E-state index contributed by atoms with van der Waals surface area (Å²) in [4.78, 5) is 0. The molecule has 0 saturated carbocycles. The van der Waals surface area contributed by atoms with E-state index in [-0.39, 0.29) is 0 Å². The van der Waals surface area contributed by atoms with Crippen LogP contribution in [0.5, 0.6) is 0 Å². The summed E-state index contributed by atoms with van der Waals surface area (Å²) in [5.74, 6) is 0. The van der Waals surface area contributed by atoms with Gasteiger partial charge in [0.1, 0.15) is 0 Å². The maximum absolute atomic E-state index is 2.52. The monoisotopic (exact) mass is 724 g/mol. The second kappa shape index (κ2) is 11.9. The van der Waals surface area contributed by atoms with Crippen molar-refractivity contribution in [1.82, 2.24) is 0 Å². The molecule has 1 aliphatic carbocycles. The molecule has 0 bridgehead atoms. The summed E-state index contributed by atoms with van der Waals surface area (Å²) in [5.41, 5.74) is 20.9. The SMILES string of the molecule is Cc1ccccc1-c1ccc2c(c1C)-c1cc3c(cc1-c1cc4sc5ccccc5c4cc1-c1c-2ccc(-c2ccccc2C)c1C)sc1ccccc13. The fourth-order valence-corrected chi connectivity index (χ4v) is 11.6. The van der Waals surface area contributed by atoms with E-state index in [0.29, 0.717) is 0 Å². The first kappa shape index (κ1) is 31.7. The van der Waals surface area contributed by atoms with Crippen LogP contribution in [-0.2, 0) is 0 Å². The summed E-state index contributed by atoms with van der Waals surface area (Å²) in [6, 6.07) is 55.2. The molecule has 2 heteroatoms. The third-order valence-corrected chi connectivity index (χ3v) is 14.2. The van der Waals surface area contributed by atoms with E-state index in [1.54, 1.807) is 0 Å². The summed E-state index contributed by atoms with van der Waals surface area (Å²) >= 11 is 3.82. The Labute approximate surface area is 323 Å². The van der Waals surface area contributed by atoms with Crippen molar-refractivity contribution in [2.75, 3.05) is 0 Å². The third kappa shape index (κ3) is 4.54. The van der Waals surface area contributed by atoms with Crippen LogP contribution in [0.2, 0.25) is 0 Å². The molecule has 54 heavy (non-hydrogen) atoms. The van der Waals surface area contributed by atoms with Gasteiger partial charge in [-0.3, -0.25) is 0 Å². The van der Waals surface area contributed by atoms with Gasteiger partial charge < -0.3 is 0 Å². The van der Waals surface area contributed by atoms with Gasteiger partial charge in [0, 0.05) is 40.3 Å². The van der Waals surface area contributed by atoms with Crippen LogP contribution < -0.4 is 0 Å². The highest BCUT2D eigenvalue weighted by atomic mass is 32.1. The number of thiophene rings is 2. The van der Waals surface area contributed by atoms with Gasteiger partial charge in [-0.1, -0.05) is 109 Å². The maximum atomic E-state index is 2.52. The molecule has 0 spiro atoms. The van der Waals surface area contributed by atoms with Gasteiger partial charge in [0.05, 0.1) is 0 Å². The Morgan fingerprint density at radius 1 is 0.278 bits per heavy atom. The quantitative estimate of drug-likeness (QED) is 0.167. The molecule has 0 unspecified atom stereocenters. The van der Waals surface area contributed by atoms with Crippen molar-refractivity contribution in [3.8, 4) is 66.8 Å². The standard InChI is InChI=1S/C52H36S2/c1-29-13-5-7-15-33(29)35-21-23-39-40-24-22-36(34-16-8-6-14-30(34)2)32(4)52(40)46-26-44-38-18-10-12-20-48(38)54-50(44)28-42(46)41-27-49-43(25-45(41)51(39)31(35)3)37-17-9-11-19-47(37)53-49/h5-28H,1-4H3. The Hall–Kier alpha value is -5.80. The second-order valence-corrected chi connectivity index (χ2v) is 17.1. The molecule has 0 nitrogen and oxygen atoms in total. The van der Waals surface area contributed by atoms with E-state index in [1.807, 2.05) is 22.7 Å². The van der Waals surface area contributed by atoms with Crippen LogP contribution >= 0.6 is 22.7 Å². The van der Waals surface area contributed by atoms with E-state index in [1.165, 1.54) is 129 Å². The summed E-state index contributed by atoms with van der Waals surface area (Å²) in [5, 5.41) is 5.32. The highest BCUT2D eigenvalue weighted by molar-refractivity contribution is 7.26. The highest BCUT2D eigenvalue weighted by Gasteiger charge is 2.29. The Morgan fingerprint density at radius 2 is 0.667 bits per heavy atom. The molecule has 0 N–H and O–H groups in total. The minimum atomic E-state index is 1.29. The van der Waals surface area contributed by atoms with Crippen LogP contribution in [0.25, 0.3) is 107 Å². The topological polar surface area (TPSA) is 0 Å². The molecule has 11 rings (SSSR count). The number of benzene rings is 8. The van der Waals surface area contributed by atoms with Gasteiger partial charge in [-0.15, -0.1) is 22.7 Å². The molecule has 0 atom stereocenters. The van der Waals surface area contributed by atoms with Crippen LogP contribution in [-0.4, -0.2) is 0 Å². The number of rotatable bonds is 2. The molecule has 0 saturated heterocycles. The molecule has 0 aliphatic heterocycles. The van der Waals surface area contributed by atoms with Crippen LogP contribution in [0, 0.1) is 27.7 Å². The van der Waals surface area contributed by atoms with Gasteiger partial charge in [-0.25, -0.2) is 0 Å². The Morgan fingerprint density at radius 3 is 1.11 bits per heavy atom. The zero-order chi connectivity index (χ0) is 36.2. The summed E-state index contributed by atoms with van der Waals surface area (Å²) in [7, 11) is 0. The van der Waals surface area contributed by atoms with Crippen molar-refractivity contribution < 1.29 is 0 Å². The Bertz CT molecular complexity index is 2990. The molecular formula is C52H36S2. The van der Waals surface area contributed by atoms with Crippen molar-refractivity contribution >= 4 is 63.0 Å². The molecule has 10 aromatic rings. The first-order valence-electron chi connectivity index (χ1n) is 18.8. The lowest BCUT2D eigenvalue weighted by molar-refractivity contribution is 1.38. The van der Waals surface area contributed by atoms with Crippen molar-refractivity contribution in [3.63, 3.8) is 0 Å². The van der Waals surface area contributed by atoms with Gasteiger partial charge in [0.25, 0.3) is 0 Å². The van der Waals surface area contributed by atoms with Gasteiger partial charge >= 0.3 is 0 Å². The average Bonchev–Trinajstić information content (AvgIpc) is 3.74. The largest absolute Gasteiger partial charge is 0.135 e. The minimum Gasteiger partial charge on any atom is -0.135 e. The molecule has 2 heterocycles. The van der Waals surface area contributed by atoms with E-state index in [0.717, 1.165) is 0 Å². The van der Waals surface area contributed by atoms with Gasteiger partial charge in [-0.05, 0) is 153 Å². The van der Waals surface area contributed by atoms with Crippen LogP contribution in [0.4, 0.5) is 0 Å². The van der Waals surface area contributed by atoms with Crippen molar-refractivity contribution in [3.05, 3.63) is 168 Å². The fraction of sp³-hybridized carbons (Fsp3) is 0.0769. The van der Waals surface area contributed by atoms with Gasteiger partial charge in [0.2, 0.25) is 0 Å². The molecule has 0 amide bonds. The molecular weight excluding hydrogens is 689 g/mol. The van der Waals surface area contributed by atoms with Gasteiger partial charge in [-0.2, -0.15) is 0 Å². The second-order valence-electron chi connectivity index (χ2n) is 14.9. The number of fused-ring (bicyclic) bond motifs is 14. The van der Waals surface area contributed by atoms with Crippen molar-refractivity contribution in [1.29, 1.82) is 0 Å². The zero-order valence-electron chi connectivity index (χ0n) is 30.7. The minimum absolute atomic E-state index is 1.29. The molecule has 1 aliphatic rings. The van der Waals surface area contributed by atoms with Crippen LogP contribution in [0.3, 0.4) is 0 Å². The van der Waals surface area contributed by atoms with E-state index in [9.17, 15) is 0 Å². The Balaban J connectivity index is 1.35. The number of hydrogen-bond acceptors (Lipinski definition) is 2. The molecule has 0 fully saturated rings. The summed E-state index contributed by atoms with van der Waals surface area (Å²) in [6.45, 7) is 9.18. The fourth-order valence-electron chi connectivity index (χ4n) is 9.30. The summed E-state index contributed by atoms with van der Waals surface area (Å²) in [6.07, 6.45) is 0. The van der Waals surface area contributed by atoms with Crippen molar-refractivity contribution in [2.24, 2.45) is 0 Å². The maximum Gasteiger partial charge on any atom is 0.0362 e. The van der Waals surface area contributed by atoms with E-state index in [4.69, 9.17) is 0 Å². The third-order valence-electron chi connectivity index (χ3n) is 12.0. The van der Waals surface area contributed by atoms with E-state index >= 15 is 0 Å². The molecule has 8 aromatic carbocycles. The highest BCUT2D eigenvalue weighted by Crippen LogP contribution is 2.55. The van der Waals surface area contributed by atoms with Crippen molar-refractivity contribution in [2.45, 2.75) is 27.7 Å². The normalized spacial score (nSPS) is 12.1. The molecule has 256 valence electrons. The molecule has 0 radical (unpaired) electrons. The first-order chi connectivity index (χ1) is 26.4. The lowest BCUT2D eigenvalue weighted by atomic mass is 9.75. The van der Waals surface area contributed by atoms with Crippen LogP contribution in [0.1, 0.15) is 22.3 Å². The van der Waals surface area contributed by atoms with Gasteiger partial charge in [0.15, 0.2) is 0 Å². The number of hydrogen-bond donors (Lipinski definition) is 0. The Kier molecular flexibility index (Phi) is 6.96. The van der Waals surface area contributed by atoms with E-state index in [2.05, 4.69) is 173 Å². The number of aryl methyl sites for hydroxylation is 2. The lowest BCUT2D eigenvalue weighted by Gasteiger charge is -2.28. The lowest BCUT2D eigenvalue weighted by Crippen LogP contribution is -2.03. The predicted molar refractivity (Wildman–Crippen MR) is 237 cm³/mol.